The van der Waals surface area contributed by atoms with Gasteiger partial charge in [0.25, 0.3) is 0 Å². The zero-order chi connectivity index (χ0) is 13.0. The van der Waals surface area contributed by atoms with Gasteiger partial charge in [-0.1, -0.05) is 18.2 Å². The predicted molar refractivity (Wildman–Crippen MR) is 73.9 cm³/mol. The highest BCUT2D eigenvalue weighted by molar-refractivity contribution is 5.77. The molecule has 2 rings (SSSR count). The maximum atomic E-state index is 11.3. The van der Waals surface area contributed by atoms with Crippen LogP contribution in [0.15, 0.2) is 24.3 Å². The fourth-order valence-electron chi connectivity index (χ4n) is 2.35. The van der Waals surface area contributed by atoms with Crippen LogP contribution in [0.4, 0.5) is 5.69 Å². The third-order valence-electron chi connectivity index (χ3n) is 3.47. The Morgan fingerprint density at radius 3 is 2.50 bits per heavy atom. The molecule has 18 heavy (non-hydrogen) atoms. The molecule has 0 aliphatic carbocycles. The molecule has 4 heteroatoms. The molecule has 1 aliphatic heterocycles. The van der Waals surface area contributed by atoms with Crippen LogP contribution < -0.4 is 10.2 Å². The molecule has 1 N–H and O–H groups in total. The Hall–Kier alpha value is -1.55. The monoisotopic (exact) mass is 247 g/mol. The van der Waals surface area contributed by atoms with Gasteiger partial charge >= 0.3 is 0 Å². The van der Waals surface area contributed by atoms with Crippen molar-refractivity contribution >= 4 is 11.6 Å². The highest BCUT2D eigenvalue weighted by Crippen LogP contribution is 2.20. The Balaban J connectivity index is 1.91. The second kappa shape index (κ2) is 5.87. The van der Waals surface area contributed by atoms with Gasteiger partial charge in [0.1, 0.15) is 0 Å². The second-order valence-electron chi connectivity index (χ2n) is 4.72. The molecular formula is C14H21N3O. The Labute approximate surface area is 109 Å². The molecule has 1 heterocycles. The number of benzene rings is 1. The van der Waals surface area contributed by atoms with E-state index in [0.29, 0.717) is 6.54 Å². The molecule has 1 fully saturated rings. The fourth-order valence-corrected chi connectivity index (χ4v) is 2.35. The topological polar surface area (TPSA) is 35.6 Å². The number of amides is 1. The SMILES string of the molecule is CNC(=O)CN1CCN(c2ccccc2C)CC1. The lowest BCUT2D eigenvalue weighted by Crippen LogP contribution is -2.49. The number of para-hydroxylation sites is 1. The molecule has 98 valence electrons. The van der Waals surface area contributed by atoms with E-state index in [2.05, 4.69) is 46.3 Å². The first-order valence-corrected chi connectivity index (χ1v) is 6.44. The van der Waals surface area contributed by atoms with Gasteiger partial charge in [-0.25, -0.2) is 0 Å². The molecule has 0 saturated carbocycles. The van der Waals surface area contributed by atoms with Gasteiger partial charge in [-0.05, 0) is 18.6 Å². The summed E-state index contributed by atoms with van der Waals surface area (Å²) in [7, 11) is 1.69. The second-order valence-corrected chi connectivity index (χ2v) is 4.72. The minimum absolute atomic E-state index is 0.0966. The van der Waals surface area contributed by atoms with Crippen LogP contribution >= 0.6 is 0 Å². The van der Waals surface area contributed by atoms with Crippen LogP contribution in [0.3, 0.4) is 0 Å². The van der Waals surface area contributed by atoms with Gasteiger partial charge in [-0.15, -0.1) is 0 Å². The average Bonchev–Trinajstić information content (AvgIpc) is 2.40. The molecule has 0 aromatic heterocycles. The maximum absolute atomic E-state index is 11.3. The molecule has 1 aromatic rings. The molecule has 1 saturated heterocycles. The van der Waals surface area contributed by atoms with Crippen molar-refractivity contribution in [3.05, 3.63) is 29.8 Å². The first-order chi connectivity index (χ1) is 8.70. The summed E-state index contributed by atoms with van der Waals surface area (Å²) >= 11 is 0. The van der Waals surface area contributed by atoms with Crippen LogP contribution in [0.25, 0.3) is 0 Å². The molecular weight excluding hydrogens is 226 g/mol. The van der Waals surface area contributed by atoms with E-state index in [1.165, 1.54) is 11.3 Å². The summed E-state index contributed by atoms with van der Waals surface area (Å²) in [6.45, 7) is 6.53. The van der Waals surface area contributed by atoms with E-state index in [0.717, 1.165) is 26.2 Å². The smallest absolute Gasteiger partial charge is 0.233 e. The standard InChI is InChI=1S/C14H21N3O/c1-12-5-3-4-6-13(12)17-9-7-16(8-10-17)11-14(18)15-2/h3-6H,7-11H2,1-2H3,(H,15,18). The predicted octanol–water partition coefficient (Wildman–Crippen LogP) is 0.863. The minimum atomic E-state index is 0.0966. The summed E-state index contributed by atoms with van der Waals surface area (Å²) in [5.41, 5.74) is 2.63. The number of nitrogens with zero attached hydrogens (tertiary/aromatic N) is 2. The fraction of sp³-hybridized carbons (Fsp3) is 0.500. The van der Waals surface area contributed by atoms with E-state index in [1.807, 2.05) is 0 Å². The van der Waals surface area contributed by atoms with Gasteiger partial charge in [-0.2, -0.15) is 0 Å². The van der Waals surface area contributed by atoms with Gasteiger partial charge in [0.2, 0.25) is 5.91 Å². The largest absolute Gasteiger partial charge is 0.369 e. The summed E-state index contributed by atoms with van der Waals surface area (Å²) in [5.74, 6) is 0.0966. The first-order valence-electron chi connectivity index (χ1n) is 6.44. The highest BCUT2D eigenvalue weighted by atomic mass is 16.1. The van der Waals surface area contributed by atoms with Crippen molar-refractivity contribution in [3.8, 4) is 0 Å². The lowest BCUT2D eigenvalue weighted by Gasteiger charge is -2.36. The van der Waals surface area contributed by atoms with E-state index in [9.17, 15) is 4.79 Å². The molecule has 1 amide bonds. The van der Waals surface area contributed by atoms with Crippen molar-refractivity contribution in [2.24, 2.45) is 0 Å². The zero-order valence-electron chi connectivity index (χ0n) is 11.1. The number of likely N-dealkylation sites (N-methyl/N-ethyl adjacent to an activating group) is 1. The molecule has 1 aliphatic rings. The summed E-state index contributed by atoms with van der Waals surface area (Å²) in [5, 5.41) is 2.67. The first kappa shape index (κ1) is 12.9. The van der Waals surface area contributed by atoms with Crippen molar-refractivity contribution in [1.82, 2.24) is 10.2 Å². The number of hydrogen-bond donors (Lipinski definition) is 1. The molecule has 0 radical (unpaired) electrons. The molecule has 0 bridgehead atoms. The number of nitrogens with one attached hydrogen (secondary N) is 1. The van der Waals surface area contributed by atoms with Crippen LogP contribution in [0.1, 0.15) is 5.56 Å². The summed E-state index contributed by atoms with van der Waals surface area (Å²) in [4.78, 5) is 15.9. The molecule has 4 nitrogen and oxygen atoms in total. The van der Waals surface area contributed by atoms with Crippen LogP contribution in [-0.2, 0) is 4.79 Å². The van der Waals surface area contributed by atoms with Crippen LogP contribution in [0, 0.1) is 6.92 Å². The summed E-state index contributed by atoms with van der Waals surface area (Å²) < 4.78 is 0. The quantitative estimate of drug-likeness (QED) is 0.860. The Morgan fingerprint density at radius 1 is 1.22 bits per heavy atom. The molecule has 0 unspecified atom stereocenters. The van der Waals surface area contributed by atoms with Gasteiger partial charge < -0.3 is 10.2 Å². The zero-order valence-corrected chi connectivity index (χ0v) is 11.1. The van der Waals surface area contributed by atoms with Gasteiger partial charge in [0.15, 0.2) is 0 Å². The summed E-state index contributed by atoms with van der Waals surface area (Å²) in [6, 6.07) is 8.47. The van der Waals surface area contributed by atoms with Crippen molar-refractivity contribution in [2.45, 2.75) is 6.92 Å². The number of hydrogen-bond acceptors (Lipinski definition) is 3. The number of anilines is 1. The van der Waals surface area contributed by atoms with Crippen LogP contribution in [-0.4, -0.2) is 50.6 Å². The Kier molecular flexibility index (Phi) is 4.20. The van der Waals surface area contributed by atoms with Gasteiger partial charge in [-0.3, -0.25) is 9.69 Å². The highest BCUT2D eigenvalue weighted by Gasteiger charge is 2.19. The number of aryl methyl sites for hydroxylation is 1. The average molecular weight is 247 g/mol. The third-order valence-corrected chi connectivity index (χ3v) is 3.47. The minimum Gasteiger partial charge on any atom is -0.369 e. The van der Waals surface area contributed by atoms with E-state index < -0.39 is 0 Å². The molecule has 0 atom stereocenters. The van der Waals surface area contributed by atoms with Gasteiger partial charge in [0.05, 0.1) is 6.54 Å². The van der Waals surface area contributed by atoms with Crippen molar-refractivity contribution in [1.29, 1.82) is 0 Å². The number of carbonyl (C=O) groups excluding carboxylic acids is 1. The van der Waals surface area contributed by atoms with Crippen LogP contribution in [0.5, 0.6) is 0 Å². The van der Waals surface area contributed by atoms with Crippen LogP contribution in [0.2, 0.25) is 0 Å². The van der Waals surface area contributed by atoms with E-state index in [-0.39, 0.29) is 5.91 Å². The number of rotatable bonds is 3. The van der Waals surface area contributed by atoms with Crippen molar-refractivity contribution in [3.63, 3.8) is 0 Å². The third kappa shape index (κ3) is 3.01. The molecule has 0 spiro atoms. The van der Waals surface area contributed by atoms with Gasteiger partial charge in [0, 0.05) is 38.9 Å². The van der Waals surface area contributed by atoms with E-state index in [1.54, 1.807) is 7.05 Å². The van der Waals surface area contributed by atoms with Crippen molar-refractivity contribution in [2.75, 3.05) is 44.7 Å². The Morgan fingerprint density at radius 2 is 1.89 bits per heavy atom. The molecule has 1 aromatic carbocycles. The summed E-state index contributed by atoms with van der Waals surface area (Å²) in [6.07, 6.45) is 0. The lowest BCUT2D eigenvalue weighted by atomic mass is 10.1. The lowest BCUT2D eigenvalue weighted by molar-refractivity contribution is -0.121. The maximum Gasteiger partial charge on any atom is 0.233 e. The number of carbonyl (C=O) groups is 1. The van der Waals surface area contributed by atoms with E-state index >= 15 is 0 Å². The van der Waals surface area contributed by atoms with E-state index in [4.69, 9.17) is 0 Å². The van der Waals surface area contributed by atoms with Crippen molar-refractivity contribution < 1.29 is 4.79 Å². The number of piperazine rings is 1. The Bertz CT molecular complexity index is 411. The normalized spacial score (nSPS) is 16.7.